The quantitative estimate of drug-likeness (QED) is 0.586. The number of fused-ring (bicyclic) bond motifs is 1. The number of para-hydroxylation sites is 1. The van der Waals surface area contributed by atoms with E-state index >= 15 is 0 Å². The van der Waals surface area contributed by atoms with Gasteiger partial charge in [-0.3, -0.25) is 0 Å². The number of nitrogens with one attached hydrogen (secondary N) is 2. The van der Waals surface area contributed by atoms with Gasteiger partial charge in [-0.15, -0.1) is 0 Å². The van der Waals surface area contributed by atoms with Crippen molar-refractivity contribution in [1.29, 1.82) is 0 Å². The van der Waals surface area contributed by atoms with E-state index in [1.807, 2.05) is 4.72 Å². The zero-order valence-corrected chi connectivity index (χ0v) is 18.3. The monoisotopic (exact) mass is 434 g/mol. The van der Waals surface area contributed by atoms with Crippen LogP contribution in [0.5, 0.6) is 11.5 Å². The highest BCUT2D eigenvalue weighted by Gasteiger charge is 2.29. The van der Waals surface area contributed by atoms with Crippen molar-refractivity contribution in [1.82, 2.24) is 10.0 Å². The van der Waals surface area contributed by atoms with Gasteiger partial charge in [-0.25, -0.2) is 17.9 Å². The van der Waals surface area contributed by atoms with Crippen LogP contribution in [-0.4, -0.2) is 67.4 Å². The molecule has 1 heterocycles. The van der Waals surface area contributed by atoms with Gasteiger partial charge in [0.25, 0.3) is 10.0 Å². The summed E-state index contributed by atoms with van der Waals surface area (Å²) in [5, 5.41) is 3.14. The topological polar surface area (TPSA) is 121 Å². The van der Waals surface area contributed by atoms with Crippen LogP contribution in [0.2, 0.25) is 0 Å². The highest BCUT2D eigenvalue weighted by atomic mass is 32.2. The van der Waals surface area contributed by atoms with Crippen molar-refractivity contribution in [3.8, 4) is 11.5 Å². The van der Waals surface area contributed by atoms with Crippen molar-refractivity contribution in [3.63, 3.8) is 0 Å². The number of amides is 1. The van der Waals surface area contributed by atoms with Crippen molar-refractivity contribution in [3.05, 3.63) is 18.2 Å². The fraction of sp³-hybridized carbons (Fsp3) is 0.611. The van der Waals surface area contributed by atoms with E-state index in [2.05, 4.69) is 5.32 Å². The molecule has 166 valence electrons. The lowest BCUT2D eigenvalue weighted by atomic mass is 10.2. The molecule has 0 saturated carbocycles. The molecule has 0 radical (unpaired) electrons. The lowest BCUT2D eigenvalue weighted by Crippen LogP contribution is -2.36. The van der Waals surface area contributed by atoms with Crippen LogP contribution in [0, 0.1) is 0 Å². The molecule has 29 heavy (non-hydrogen) atoms. The molecule has 0 unspecified atom stereocenters. The molecule has 2 N–H and O–H groups in total. The molecule has 2 rings (SSSR count). The van der Waals surface area contributed by atoms with E-state index in [4.69, 9.17) is 23.7 Å². The molecule has 0 bridgehead atoms. The molecular formula is C18H30N2O8S. The Morgan fingerprint density at radius 2 is 1.72 bits per heavy atom. The van der Waals surface area contributed by atoms with Crippen molar-refractivity contribution < 1.29 is 36.9 Å². The van der Waals surface area contributed by atoms with Gasteiger partial charge < -0.3 is 29.0 Å². The van der Waals surface area contributed by atoms with E-state index in [0.717, 1.165) is 26.3 Å². The van der Waals surface area contributed by atoms with Gasteiger partial charge in [-0.05, 0) is 32.9 Å². The van der Waals surface area contributed by atoms with Crippen molar-refractivity contribution in [2.24, 2.45) is 0 Å². The van der Waals surface area contributed by atoms with E-state index in [9.17, 15) is 13.2 Å². The Morgan fingerprint density at radius 3 is 2.28 bits per heavy atom. The normalized spacial score (nSPS) is 12.7. The summed E-state index contributed by atoms with van der Waals surface area (Å²) in [6.45, 7) is 8.19. The minimum atomic E-state index is -4.09. The number of rotatable bonds is 8. The van der Waals surface area contributed by atoms with E-state index < -0.39 is 21.7 Å². The minimum Gasteiger partial charge on any atom is -0.454 e. The van der Waals surface area contributed by atoms with Crippen LogP contribution in [0.15, 0.2) is 23.1 Å². The molecule has 0 fully saturated rings. The number of ether oxygens (including phenoxy) is 5. The Labute approximate surface area is 171 Å². The summed E-state index contributed by atoms with van der Waals surface area (Å²) in [6, 6.07) is 4.40. The molecular weight excluding hydrogens is 404 g/mol. The number of carbonyl (C=O) groups excluding carboxylic acids is 1. The number of hydrogen-bond acceptors (Lipinski definition) is 9. The lowest BCUT2D eigenvalue weighted by Gasteiger charge is -2.19. The number of carbonyl (C=O) groups is 1. The molecule has 0 aliphatic carbocycles. The van der Waals surface area contributed by atoms with Crippen LogP contribution in [0.4, 0.5) is 4.79 Å². The number of benzene rings is 1. The van der Waals surface area contributed by atoms with E-state index in [1.165, 1.54) is 12.1 Å². The summed E-state index contributed by atoms with van der Waals surface area (Å²) >= 11 is 0. The predicted octanol–water partition coefficient (Wildman–Crippen LogP) is 1.50. The maximum Gasteiger partial charge on any atom is 0.421 e. The van der Waals surface area contributed by atoms with Crippen molar-refractivity contribution >= 4 is 16.1 Å². The Hall–Kier alpha value is -2.08. The third kappa shape index (κ3) is 9.31. The van der Waals surface area contributed by atoms with Crippen LogP contribution in [0.1, 0.15) is 20.8 Å². The van der Waals surface area contributed by atoms with Gasteiger partial charge in [0.05, 0.1) is 13.2 Å². The van der Waals surface area contributed by atoms with Crippen molar-refractivity contribution in [2.45, 2.75) is 31.3 Å². The molecule has 1 aliphatic rings. The fourth-order valence-corrected chi connectivity index (χ4v) is 3.08. The Kier molecular flexibility index (Phi) is 10.2. The van der Waals surface area contributed by atoms with Crippen LogP contribution in [0.3, 0.4) is 0 Å². The zero-order chi connectivity index (χ0) is 21.9. The fourth-order valence-electron chi connectivity index (χ4n) is 2.05. The second-order valence-corrected chi connectivity index (χ2v) is 8.48. The molecule has 1 aliphatic heterocycles. The van der Waals surface area contributed by atoms with Crippen LogP contribution >= 0.6 is 0 Å². The molecule has 0 spiro atoms. The lowest BCUT2D eigenvalue weighted by molar-refractivity contribution is 0.0570. The standard InChI is InChI=1S/C12H15NO6S.C6H15NO2/c1-12(2,3)19-11(14)13-20(15,16)9-6-4-5-8-10(9)18-7-17-8;1-8-5-3-7-4-6-9-2/h4-6H,7H2,1-3H3,(H,13,14);7H,3-6H2,1-2H3. The summed E-state index contributed by atoms with van der Waals surface area (Å²) in [5.74, 6) is 0.403. The van der Waals surface area contributed by atoms with E-state index in [1.54, 1.807) is 41.1 Å². The first-order chi connectivity index (χ1) is 13.6. The average molecular weight is 435 g/mol. The minimum absolute atomic E-state index is 0.0612. The number of methoxy groups -OCH3 is 2. The summed E-state index contributed by atoms with van der Waals surface area (Å²) in [4.78, 5) is 11.4. The van der Waals surface area contributed by atoms with Gasteiger partial charge in [-0.2, -0.15) is 0 Å². The Morgan fingerprint density at radius 1 is 1.10 bits per heavy atom. The summed E-state index contributed by atoms with van der Waals surface area (Å²) in [5.41, 5.74) is -0.794. The van der Waals surface area contributed by atoms with Gasteiger partial charge >= 0.3 is 6.09 Å². The van der Waals surface area contributed by atoms with Gasteiger partial charge in [0.2, 0.25) is 6.79 Å². The Balaban J connectivity index is 0.000000396. The van der Waals surface area contributed by atoms with Crippen LogP contribution < -0.4 is 19.5 Å². The molecule has 1 aromatic rings. The molecule has 10 nitrogen and oxygen atoms in total. The summed E-state index contributed by atoms with van der Waals surface area (Å²) in [7, 11) is -0.702. The van der Waals surface area contributed by atoms with Gasteiger partial charge in [-0.1, -0.05) is 6.07 Å². The molecule has 0 saturated heterocycles. The smallest absolute Gasteiger partial charge is 0.421 e. The maximum atomic E-state index is 12.1. The first-order valence-electron chi connectivity index (χ1n) is 8.93. The Bertz CT molecular complexity index is 741. The molecule has 1 amide bonds. The number of sulfonamides is 1. The van der Waals surface area contributed by atoms with Gasteiger partial charge in [0, 0.05) is 27.3 Å². The first kappa shape index (κ1) is 25.0. The van der Waals surface area contributed by atoms with E-state index in [0.29, 0.717) is 5.75 Å². The highest BCUT2D eigenvalue weighted by molar-refractivity contribution is 7.90. The van der Waals surface area contributed by atoms with Crippen molar-refractivity contribution in [2.75, 3.05) is 47.3 Å². The summed E-state index contributed by atoms with van der Waals surface area (Å²) < 4.78 is 50.9. The molecule has 1 aromatic carbocycles. The predicted molar refractivity (Wildman–Crippen MR) is 106 cm³/mol. The summed E-state index contributed by atoms with van der Waals surface area (Å²) in [6.07, 6.45) is -1.05. The third-order valence-corrected chi connectivity index (χ3v) is 4.57. The second kappa shape index (κ2) is 11.8. The SMILES string of the molecule is CC(C)(C)OC(=O)NS(=O)(=O)c1cccc2c1OCO2.COCCNCCOC. The van der Waals surface area contributed by atoms with Crippen LogP contribution in [-0.2, 0) is 24.2 Å². The van der Waals surface area contributed by atoms with Crippen LogP contribution in [0.25, 0.3) is 0 Å². The van der Waals surface area contributed by atoms with Gasteiger partial charge in [0.15, 0.2) is 11.5 Å². The molecule has 11 heteroatoms. The van der Waals surface area contributed by atoms with E-state index in [-0.39, 0.29) is 17.4 Å². The third-order valence-electron chi connectivity index (χ3n) is 3.23. The average Bonchev–Trinajstić information content (AvgIpc) is 3.08. The highest BCUT2D eigenvalue weighted by Crippen LogP contribution is 2.37. The molecule has 0 aromatic heterocycles. The largest absolute Gasteiger partial charge is 0.454 e. The maximum absolute atomic E-state index is 12.1. The van der Waals surface area contributed by atoms with Gasteiger partial charge in [0.1, 0.15) is 10.5 Å². The molecule has 0 atom stereocenters. The zero-order valence-electron chi connectivity index (χ0n) is 17.4. The number of hydrogen-bond donors (Lipinski definition) is 2. The first-order valence-corrected chi connectivity index (χ1v) is 10.4. The second-order valence-electron chi connectivity index (χ2n) is 6.83.